The van der Waals surface area contributed by atoms with Crippen LogP contribution in [0.25, 0.3) is 11.0 Å². The monoisotopic (exact) mass is 594 g/mol. The van der Waals surface area contributed by atoms with Gasteiger partial charge in [0, 0.05) is 61.7 Å². The van der Waals surface area contributed by atoms with Crippen LogP contribution in [-0.2, 0) is 30.6 Å². The van der Waals surface area contributed by atoms with Gasteiger partial charge in [0.1, 0.15) is 5.65 Å². The Morgan fingerprint density at radius 3 is 2.65 bits per heavy atom. The summed E-state index contributed by atoms with van der Waals surface area (Å²) in [5.74, 6) is -0.595. The maximum atomic E-state index is 14.1. The zero-order valence-corrected chi connectivity index (χ0v) is 24.8. The van der Waals surface area contributed by atoms with Crippen molar-refractivity contribution < 1.29 is 22.7 Å². The summed E-state index contributed by atoms with van der Waals surface area (Å²) >= 11 is 0. The van der Waals surface area contributed by atoms with Crippen molar-refractivity contribution in [3.63, 3.8) is 0 Å². The number of hydrogen-bond donors (Lipinski definition) is 3. The van der Waals surface area contributed by atoms with E-state index in [1.807, 2.05) is 50.2 Å². The lowest BCUT2D eigenvalue weighted by atomic mass is 10.0. The second kappa shape index (κ2) is 12.7. The number of likely N-dealkylation sites (N-methyl/N-ethyl adjacent to an activating group) is 1. The molecule has 5 rings (SSSR count). The highest BCUT2D eigenvalue weighted by Gasteiger charge is 2.35. The summed E-state index contributed by atoms with van der Waals surface area (Å²) in [6.07, 6.45) is -1.92. The van der Waals surface area contributed by atoms with Gasteiger partial charge in [0.25, 0.3) is 5.91 Å². The van der Waals surface area contributed by atoms with Crippen LogP contribution < -0.4 is 10.6 Å². The lowest BCUT2D eigenvalue weighted by Gasteiger charge is -2.22. The minimum Gasteiger partial charge on any atom is -0.380 e. The van der Waals surface area contributed by atoms with Gasteiger partial charge in [-0.05, 0) is 80.5 Å². The zero-order valence-electron chi connectivity index (χ0n) is 24.8. The fourth-order valence-electron chi connectivity index (χ4n) is 5.48. The van der Waals surface area contributed by atoms with Gasteiger partial charge in [-0.15, -0.1) is 0 Å². The van der Waals surface area contributed by atoms with Gasteiger partial charge in [-0.25, -0.2) is 4.98 Å². The predicted octanol–water partition coefficient (Wildman–Crippen LogP) is 6.04. The molecule has 1 aliphatic rings. The number of hydrogen-bond acceptors (Lipinski definition) is 6. The number of aromatic nitrogens is 2. The minimum absolute atomic E-state index is 0.0392. The number of pyridine rings is 1. The van der Waals surface area contributed by atoms with E-state index in [1.54, 1.807) is 19.4 Å². The number of carbonyl (C=O) groups is 1. The molecule has 3 N–H and O–H groups in total. The van der Waals surface area contributed by atoms with Crippen molar-refractivity contribution in [2.75, 3.05) is 44.9 Å². The van der Waals surface area contributed by atoms with Crippen LogP contribution in [0.4, 0.5) is 24.5 Å². The first kappa shape index (κ1) is 30.5. The summed E-state index contributed by atoms with van der Waals surface area (Å²) in [6.45, 7) is 4.53. The Kier molecular flexibility index (Phi) is 9.05. The minimum atomic E-state index is -4.57. The number of H-pyrrole nitrogens is 1. The number of nitrogens with zero attached hydrogens (tertiary/aromatic N) is 3. The molecule has 1 amide bonds. The van der Waals surface area contributed by atoms with E-state index >= 15 is 0 Å². The highest BCUT2D eigenvalue weighted by atomic mass is 19.4. The number of fused-ring (bicyclic) bond motifs is 1. The van der Waals surface area contributed by atoms with Crippen LogP contribution in [0.5, 0.6) is 0 Å². The molecule has 2 aromatic heterocycles. The molecule has 4 aromatic rings. The topological polar surface area (TPSA) is 85.5 Å². The lowest BCUT2D eigenvalue weighted by molar-refractivity contribution is -0.138. The number of aryl methyl sites for hydroxylation is 1. The number of anilines is 2. The van der Waals surface area contributed by atoms with Crippen molar-refractivity contribution in [2.45, 2.75) is 45.3 Å². The van der Waals surface area contributed by atoms with E-state index in [4.69, 9.17) is 4.74 Å². The van der Waals surface area contributed by atoms with Gasteiger partial charge in [0.2, 0.25) is 0 Å². The molecule has 3 heterocycles. The molecule has 1 aliphatic heterocycles. The summed E-state index contributed by atoms with van der Waals surface area (Å²) in [7, 11) is 5.60. The molecule has 1 saturated heterocycles. The average Bonchev–Trinajstić information content (AvgIpc) is 3.59. The van der Waals surface area contributed by atoms with Gasteiger partial charge >= 0.3 is 6.18 Å². The Morgan fingerprint density at radius 1 is 1.12 bits per heavy atom. The smallest absolute Gasteiger partial charge is 0.380 e. The number of likely N-dealkylation sites (tertiary alicyclic amines) is 1. The third kappa shape index (κ3) is 7.35. The Bertz CT molecular complexity index is 1600. The zero-order chi connectivity index (χ0) is 30.7. The number of rotatable bonds is 10. The second-order valence-electron chi connectivity index (χ2n) is 11.3. The molecule has 8 nitrogen and oxygen atoms in total. The summed E-state index contributed by atoms with van der Waals surface area (Å²) < 4.78 is 47.4. The molecular weight excluding hydrogens is 557 g/mol. The van der Waals surface area contributed by atoms with Crippen LogP contribution in [-0.4, -0.2) is 66.0 Å². The van der Waals surface area contributed by atoms with E-state index in [-0.39, 0.29) is 17.7 Å². The Balaban J connectivity index is 1.27. The average molecular weight is 595 g/mol. The lowest BCUT2D eigenvalue weighted by Crippen LogP contribution is -2.31. The molecule has 0 bridgehead atoms. The predicted molar refractivity (Wildman–Crippen MR) is 162 cm³/mol. The number of aromatic amines is 1. The van der Waals surface area contributed by atoms with Gasteiger partial charge in [0.15, 0.2) is 0 Å². The van der Waals surface area contributed by atoms with E-state index in [9.17, 15) is 18.0 Å². The standard InChI is InChI=1S/C32H37F3N6O2/c1-20-5-8-25(13-24(20)15-36-26-11-23-12-27(19-43-4)38-30(23)37-16-26)39-31(42)21-6-7-22(29(14-21)32(33,34)35)17-41-10-9-28(18-41)40(2)3/h5-8,11-14,16,28,36H,9-10,15,17-19H2,1-4H3,(H,37,38)(H,39,42). The summed E-state index contributed by atoms with van der Waals surface area (Å²) in [4.78, 5) is 24.9. The number of alkyl halides is 3. The van der Waals surface area contributed by atoms with Gasteiger partial charge in [-0.3, -0.25) is 9.69 Å². The molecule has 0 saturated carbocycles. The molecule has 2 aromatic carbocycles. The maximum Gasteiger partial charge on any atom is 0.416 e. The van der Waals surface area contributed by atoms with Gasteiger partial charge < -0.3 is 25.3 Å². The van der Waals surface area contributed by atoms with E-state index in [0.717, 1.165) is 52.6 Å². The third-order valence-corrected chi connectivity index (χ3v) is 7.96. The maximum absolute atomic E-state index is 14.1. The van der Waals surface area contributed by atoms with Crippen LogP contribution >= 0.6 is 0 Å². The number of ether oxygens (including phenoxy) is 1. The quantitative estimate of drug-likeness (QED) is 0.208. The first-order valence-corrected chi connectivity index (χ1v) is 14.2. The number of amides is 1. The number of benzene rings is 2. The molecule has 1 fully saturated rings. The fraction of sp³-hybridized carbons (Fsp3) is 0.375. The van der Waals surface area contributed by atoms with Crippen LogP contribution in [0.15, 0.2) is 54.7 Å². The normalized spacial score (nSPS) is 15.9. The number of methoxy groups -OCH3 is 1. The van der Waals surface area contributed by atoms with E-state index < -0.39 is 17.6 Å². The van der Waals surface area contributed by atoms with Crippen molar-refractivity contribution in [1.29, 1.82) is 0 Å². The van der Waals surface area contributed by atoms with E-state index in [2.05, 4.69) is 25.5 Å². The Labute approximate surface area is 249 Å². The highest BCUT2D eigenvalue weighted by Crippen LogP contribution is 2.34. The summed E-state index contributed by atoms with van der Waals surface area (Å²) in [5.41, 5.74) is 4.33. The molecule has 1 atom stereocenters. The van der Waals surface area contributed by atoms with Crippen LogP contribution in [0, 0.1) is 6.92 Å². The molecule has 0 spiro atoms. The molecule has 0 aliphatic carbocycles. The first-order valence-electron chi connectivity index (χ1n) is 14.2. The summed E-state index contributed by atoms with van der Waals surface area (Å²) in [5, 5.41) is 7.09. The van der Waals surface area contributed by atoms with Crippen LogP contribution in [0.2, 0.25) is 0 Å². The van der Waals surface area contributed by atoms with Crippen molar-refractivity contribution in [3.05, 3.63) is 88.2 Å². The third-order valence-electron chi connectivity index (χ3n) is 7.96. The van der Waals surface area contributed by atoms with Crippen molar-refractivity contribution in [3.8, 4) is 0 Å². The van der Waals surface area contributed by atoms with Crippen molar-refractivity contribution in [1.82, 2.24) is 19.8 Å². The number of halogens is 3. The Hall–Kier alpha value is -3.93. The SMILES string of the molecule is COCc1cc2cc(NCc3cc(NC(=O)c4ccc(CN5CCC(N(C)C)C5)c(C(F)(F)F)c4)ccc3C)cnc2[nH]1. The van der Waals surface area contributed by atoms with E-state index in [0.29, 0.717) is 31.4 Å². The van der Waals surface area contributed by atoms with Gasteiger partial charge in [-0.2, -0.15) is 13.2 Å². The largest absolute Gasteiger partial charge is 0.416 e. The second-order valence-corrected chi connectivity index (χ2v) is 11.3. The number of nitrogens with one attached hydrogen (secondary N) is 3. The fourth-order valence-corrected chi connectivity index (χ4v) is 5.48. The van der Waals surface area contributed by atoms with Crippen LogP contribution in [0.3, 0.4) is 0 Å². The Morgan fingerprint density at radius 2 is 1.93 bits per heavy atom. The molecule has 43 heavy (non-hydrogen) atoms. The molecule has 1 unspecified atom stereocenters. The van der Waals surface area contributed by atoms with Gasteiger partial charge in [-0.1, -0.05) is 12.1 Å². The molecule has 0 radical (unpaired) electrons. The molecule has 11 heteroatoms. The summed E-state index contributed by atoms with van der Waals surface area (Å²) in [6, 6.07) is 13.6. The number of carbonyl (C=O) groups excluding carboxylic acids is 1. The molecular formula is C32H37F3N6O2. The highest BCUT2D eigenvalue weighted by molar-refractivity contribution is 6.04. The van der Waals surface area contributed by atoms with Gasteiger partial charge in [0.05, 0.1) is 24.1 Å². The van der Waals surface area contributed by atoms with Crippen molar-refractivity contribution >= 4 is 28.3 Å². The van der Waals surface area contributed by atoms with Crippen molar-refractivity contribution in [2.24, 2.45) is 0 Å². The van der Waals surface area contributed by atoms with E-state index in [1.165, 1.54) is 12.1 Å². The van der Waals surface area contributed by atoms with Crippen LogP contribution in [0.1, 0.15) is 44.7 Å². The molecule has 228 valence electrons. The first-order chi connectivity index (χ1) is 20.5.